The van der Waals surface area contributed by atoms with Crippen LogP contribution < -0.4 is 10.6 Å². The normalized spacial score (nSPS) is 10.5. The highest BCUT2D eigenvalue weighted by atomic mass is 32.1. The molecule has 0 atom stereocenters. The molecular weight excluding hydrogens is 246 g/mol. The third kappa shape index (κ3) is 4.38. The van der Waals surface area contributed by atoms with Crippen molar-refractivity contribution in [1.29, 1.82) is 0 Å². The highest BCUT2D eigenvalue weighted by Crippen LogP contribution is 2.09. The first kappa shape index (κ1) is 12.9. The molecule has 0 unspecified atom stereocenters. The average molecular weight is 263 g/mol. The minimum atomic E-state index is 0.831. The van der Waals surface area contributed by atoms with Crippen LogP contribution in [0.4, 0.5) is 5.13 Å². The van der Waals surface area contributed by atoms with Gasteiger partial charge in [-0.2, -0.15) is 4.37 Å². The van der Waals surface area contributed by atoms with Gasteiger partial charge in [-0.3, -0.25) is 4.98 Å². The molecule has 18 heavy (non-hydrogen) atoms. The zero-order chi connectivity index (χ0) is 12.6. The maximum Gasteiger partial charge on any atom is 0.202 e. The molecule has 0 amide bonds. The molecule has 2 heterocycles. The smallest absolute Gasteiger partial charge is 0.202 e. The molecule has 0 aromatic carbocycles. The molecule has 2 aromatic heterocycles. The van der Waals surface area contributed by atoms with Gasteiger partial charge in [0.05, 0.1) is 0 Å². The minimum absolute atomic E-state index is 0.831. The van der Waals surface area contributed by atoms with Crippen molar-refractivity contribution in [2.75, 3.05) is 18.4 Å². The van der Waals surface area contributed by atoms with Gasteiger partial charge in [0, 0.05) is 37.0 Å². The Bertz CT molecular complexity index is 457. The molecule has 6 heteroatoms. The van der Waals surface area contributed by atoms with Gasteiger partial charge in [0.1, 0.15) is 5.82 Å². The van der Waals surface area contributed by atoms with Gasteiger partial charge in [-0.15, -0.1) is 0 Å². The topological polar surface area (TPSA) is 62.7 Å². The second kappa shape index (κ2) is 7.03. The summed E-state index contributed by atoms with van der Waals surface area (Å²) in [7, 11) is 0. The van der Waals surface area contributed by atoms with Crippen LogP contribution in [-0.4, -0.2) is 27.4 Å². The lowest BCUT2D eigenvalue weighted by molar-refractivity contribution is 0.662. The van der Waals surface area contributed by atoms with Gasteiger partial charge < -0.3 is 10.6 Å². The molecule has 96 valence electrons. The van der Waals surface area contributed by atoms with Gasteiger partial charge in [-0.1, -0.05) is 6.07 Å². The molecule has 0 saturated carbocycles. The van der Waals surface area contributed by atoms with Crippen molar-refractivity contribution in [2.24, 2.45) is 0 Å². The number of nitrogens with zero attached hydrogens (tertiary/aromatic N) is 3. The van der Waals surface area contributed by atoms with Crippen molar-refractivity contribution in [1.82, 2.24) is 19.7 Å². The van der Waals surface area contributed by atoms with E-state index in [4.69, 9.17) is 0 Å². The summed E-state index contributed by atoms with van der Waals surface area (Å²) in [6.45, 7) is 4.65. The van der Waals surface area contributed by atoms with Crippen molar-refractivity contribution >= 4 is 16.7 Å². The molecule has 0 aliphatic rings. The van der Waals surface area contributed by atoms with Crippen LogP contribution in [0.3, 0.4) is 0 Å². The first-order chi connectivity index (χ1) is 8.84. The van der Waals surface area contributed by atoms with Crippen LogP contribution in [0, 0.1) is 6.92 Å². The lowest BCUT2D eigenvalue weighted by Gasteiger charge is -2.05. The second-order valence-electron chi connectivity index (χ2n) is 3.97. The molecule has 2 N–H and O–H groups in total. The molecule has 2 rings (SSSR count). The van der Waals surface area contributed by atoms with Gasteiger partial charge in [-0.05, 0) is 31.5 Å². The fraction of sp³-hybridized carbons (Fsp3) is 0.417. The van der Waals surface area contributed by atoms with Crippen LogP contribution in [0.25, 0.3) is 0 Å². The maximum atomic E-state index is 4.24. The Labute approximate surface area is 111 Å². The van der Waals surface area contributed by atoms with Crippen LogP contribution in [-0.2, 0) is 6.54 Å². The number of rotatable bonds is 7. The summed E-state index contributed by atoms with van der Waals surface area (Å²) in [5.74, 6) is 0.831. The number of anilines is 1. The summed E-state index contributed by atoms with van der Waals surface area (Å²) in [5, 5.41) is 7.54. The monoisotopic (exact) mass is 263 g/mol. The summed E-state index contributed by atoms with van der Waals surface area (Å²) >= 11 is 1.41. The van der Waals surface area contributed by atoms with Crippen molar-refractivity contribution in [2.45, 2.75) is 19.9 Å². The zero-order valence-corrected chi connectivity index (χ0v) is 11.2. The minimum Gasteiger partial charge on any atom is -0.360 e. The van der Waals surface area contributed by atoms with E-state index >= 15 is 0 Å². The molecule has 0 saturated heterocycles. The Morgan fingerprint density at radius 3 is 3.00 bits per heavy atom. The highest BCUT2D eigenvalue weighted by molar-refractivity contribution is 7.09. The summed E-state index contributed by atoms with van der Waals surface area (Å²) in [4.78, 5) is 8.32. The number of pyridine rings is 1. The average Bonchev–Trinajstić information content (AvgIpc) is 2.81. The van der Waals surface area contributed by atoms with Gasteiger partial charge >= 0.3 is 0 Å². The van der Waals surface area contributed by atoms with E-state index in [1.807, 2.05) is 19.2 Å². The van der Waals surface area contributed by atoms with Gasteiger partial charge in [0.15, 0.2) is 0 Å². The lowest BCUT2D eigenvalue weighted by atomic mass is 10.3. The molecule has 0 aliphatic heterocycles. The Morgan fingerprint density at radius 1 is 1.33 bits per heavy atom. The van der Waals surface area contributed by atoms with E-state index < -0.39 is 0 Å². The van der Waals surface area contributed by atoms with Gasteiger partial charge in [0.25, 0.3) is 0 Å². The fourth-order valence-electron chi connectivity index (χ4n) is 1.51. The van der Waals surface area contributed by atoms with Crippen LogP contribution >= 0.6 is 11.5 Å². The van der Waals surface area contributed by atoms with Gasteiger partial charge in [-0.25, -0.2) is 4.98 Å². The Morgan fingerprint density at radius 2 is 2.28 bits per heavy atom. The van der Waals surface area contributed by atoms with Crippen LogP contribution in [0.15, 0.2) is 24.5 Å². The van der Waals surface area contributed by atoms with Crippen molar-refractivity contribution < 1.29 is 0 Å². The largest absolute Gasteiger partial charge is 0.360 e. The quantitative estimate of drug-likeness (QED) is 0.746. The van der Waals surface area contributed by atoms with Crippen molar-refractivity contribution in [3.63, 3.8) is 0 Å². The summed E-state index contributed by atoms with van der Waals surface area (Å²) in [6.07, 6.45) is 4.73. The first-order valence-electron chi connectivity index (χ1n) is 5.98. The molecule has 0 spiro atoms. The predicted octanol–water partition coefficient (Wildman–Crippen LogP) is 1.83. The standard InChI is InChI=1S/C12H17N5S/c1-10-16-12(18-17-10)15-7-3-6-14-9-11-4-2-5-13-8-11/h2,4-5,8,14H,3,6-7,9H2,1H3,(H,15,16,17). The van der Waals surface area contributed by atoms with Crippen LogP contribution in [0.2, 0.25) is 0 Å². The Kier molecular flexibility index (Phi) is 5.04. The molecule has 0 radical (unpaired) electrons. The Balaban J connectivity index is 1.54. The number of aromatic nitrogens is 3. The molecule has 0 fully saturated rings. The van der Waals surface area contributed by atoms with E-state index in [0.29, 0.717) is 0 Å². The third-order valence-electron chi connectivity index (χ3n) is 2.39. The van der Waals surface area contributed by atoms with Crippen molar-refractivity contribution in [3.05, 3.63) is 35.9 Å². The van der Waals surface area contributed by atoms with Crippen molar-refractivity contribution in [3.8, 4) is 0 Å². The third-order valence-corrected chi connectivity index (χ3v) is 3.15. The van der Waals surface area contributed by atoms with E-state index in [0.717, 1.165) is 37.0 Å². The molecule has 0 bridgehead atoms. The first-order valence-corrected chi connectivity index (χ1v) is 6.76. The molecule has 0 aliphatic carbocycles. The van der Waals surface area contributed by atoms with E-state index in [1.54, 1.807) is 6.20 Å². The molecule has 5 nitrogen and oxygen atoms in total. The molecule has 2 aromatic rings. The number of nitrogens with one attached hydrogen (secondary N) is 2. The van der Waals surface area contributed by atoms with E-state index in [2.05, 4.69) is 31.0 Å². The summed E-state index contributed by atoms with van der Waals surface area (Å²) in [6, 6.07) is 4.03. The Hall–Kier alpha value is -1.53. The zero-order valence-electron chi connectivity index (χ0n) is 10.4. The van der Waals surface area contributed by atoms with Gasteiger partial charge in [0.2, 0.25) is 5.13 Å². The van der Waals surface area contributed by atoms with Crippen LogP contribution in [0.1, 0.15) is 17.8 Å². The second-order valence-corrected chi connectivity index (χ2v) is 4.72. The van der Waals surface area contributed by atoms with E-state index in [1.165, 1.54) is 17.1 Å². The fourth-order valence-corrected chi connectivity index (χ4v) is 2.11. The summed E-state index contributed by atoms with van der Waals surface area (Å²) < 4.78 is 4.12. The SMILES string of the molecule is Cc1nsc(NCCCNCc2cccnc2)n1. The molecular formula is C12H17N5S. The summed E-state index contributed by atoms with van der Waals surface area (Å²) in [5.41, 5.74) is 1.21. The van der Waals surface area contributed by atoms with Crippen LogP contribution in [0.5, 0.6) is 0 Å². The number of aryl methyl sites for hydroxylation is 1. The lowest BCUT2D eigenvalue weighted by Crippen LogP contribution is -2.17. The number of hydrogen-bond donors (Lipinski definition) is 2. The maximum absolute atomic E-state index is 4.24. The predicted molar refractivity (Wildman–Crippen MR) is 73.7 cm³/mol. The van der Waals surface area contributed by atoms with E-state index in [-0.39, 0.29) is 0 Å². The van der Waals surface area contributed by atoms with E-state index in [9.17, 15) is 0 Å². The highest BCUT2D eigenvalue weighted by Gasteiger charge is 1.97. The number of hydrogen-bond acceptors (Lipinski definition) is 6.